The van der Waals surface area contributed by atoms with Gasteiger partial charge >= 0.3 is 5.97 Å². The molecule has 1 aliphatic heterocycles. The highest BCUT2D eigenvalue weighted by atomic mass is 35.5. The molecule has 1 atom stereocenters. The normalized spacial score (nSPS) is 15.8. The van der Waals surface area contributed by atoms with Crippen molar-refractivity contribution in [3.8, 4) is 16.9 Å². The number of amides is 1. The molecule has 12 heteroatoms. The molecule has 0 fully saturated rings. The summed E-state index contributed by atoms with van der Waals surface area (Å²) >= 11 is 6.19. The van der Waals surface area contributed by atoms with Gasteiger partial charge in [0.2, 0.25) is 5.91 Å². The van der Waals surface area contributed by atoms with Crippen molar-refractivity contribution >= 4 is 35.2 Å². The first-order valence-electron chi connectivity index (χ1n) is 12.7. The Balaban J connectivity index is 1.37. The number of ether oxygens (including phenoxy) is 1. The standard InChI is InChI=1S/C28H27ClN8O3/c1-40-27(39)14-18-6-9-21-23(13-18)30-12-4-2-3-5-22(28-31-16-24(21)34-28)33-26(38)11-7-19-15-20(29)8-10-25(19)37-17-32-35-36-37/h2-3,6-11,13,15-17,22,30H,4-5,12,14H2,1H3,(H,31,34)(H,33,38)/b3-2+,11-7+/t22-/m0/s1. The second kappa shape index (κ2) is 12.4. The van der Waals surface area contributed by atoms with Gasteiger partial charge in [0.1, 0.15) is 12.2 Å². The molecular formula is C28H27ClN8O3. The molecule has 3 N–H and O–H groups in total. The molecule has 5 rings (SSSR count). The zero-order chi connectivity index (χ0) is 27.9. The summed E-state index contributed by atoms with van der Waals surface area (Å²) < 4.78 is 6.31. The van der Waals surface area contributed by atoms with Gasteiger partial charge in [0.25, 0.3) is 0 Å². The fraction of sp³-hybridized carbons (Fsp3) is 0.214. The first kappa shape index (κ1) is 26.8. The molecule has 0 unspecified atom stereocenters. The summed E-state index contributed by atoms with van der Waals surface area (Å²) in [6, 6.07) is 10.7. The molecule has 3 heterocycles. The predicted octanol–water partition coefficient (Wildman–Crippen LogP) is 4.05. The number of anilines is 1. The number of nitrogens with zero attached hydrogens (tertiary/aromatic N) is 5. The van der Waals surface area contributed by atoms with E-state index in [-0.39, 0.29) is 24.3 Å². The van der Waals surface area contributed by atoms with Gasteiger partial charge in [0.05, 0.1) is 37.2 Å². The number of methoxy groups -OCH3 is 1. The summed E-state index contributed by atoms with van der Waals surface area (Å²) in [6.07, 6.45) is 12.0. The molecule has 0 saturated carbocycles. The van der Waals surface area contributed by atoms with Crippen molar-refractivity contribution in [3.05, 3.63) is 89.1 Å². The monoisotopic (exact) mass is 558 g/mol. The number of benzene rings is 2. The van der Waals surface area contributed by atoms with E-state index in [1.807, 2.05) is 24.3 Å². The Hall–Kier alpha value is -4.77. The van der Waals surface area contributed by atoms with Crippen molar-refractivity contribution in [1.82, 2.24) is 35.5 Å². The number of imidazole rings is 1. The molecule has 2 aromatic heterocycles. The minimum Gasteiger partial charge on any atom is -0.469 e. The maximum atomic E-state index is 13.0. The summed E-state index contributed by atoms with van der Waals surface area (Å²) in [6.45, 7) is 0.704. The van der Waals surface area contributed by atoms with Crippen LogP contribution in [0.1, 0.15) is 35.8 Å². The number of carbonyl (C=O) groups is 2. The topological polar surface area (TPSA) is 140 Å². The van der Waals surface area contributed by atoms with Gasteiger partial charge in [0.15, 0.2) is 0 Å². The number of hydrogen-bond donors (Lipinski definition) is 3. The molecule has 0 spiro atoms. The molecule has 0 radical (unpaired) electrons. The number of esters is 1. The Morgan fingerprint density at radius 3 is 2.95 bits per heavy atom. The maximum absolute atomic E-state index is 13.0. The van der Waals surface area contributed by atoms with E-state index in [1.54, 1.807) is 30.5 Å². The number of carbonyl (C=O) groups excluding carboxylic acids is 2. The highest BCUT2D eigenvalue weighted by Crippen LogP contribution is 2.30. The lowest BCUT2D eigenvalue weighted by Gasteiger charge is -2.16. The molecule has 204 valence electrons. The summed E-state index contributed by atoms with van der Waals surface area (Å²) in [5.74, 6) is 0.0405. The van der Waals surface area contributed by atoms with E-state index in [9.17, 15) is 9.59 Å². The van der Waals surface area contributed by atoms with Gasteiger partial charge in [-0.2, -0.15) is 4.68 Å². The minimum atomic E-state index is -0.380. The van der Waals surface area contributed by atoms with Crippen LogP contribution in [0.15, 0.2) is 67.2 Å². The summed E-state index contributed by atoms with van der Waals surface area (Å²) in [7, 11) is 1.38. The fourth-order valence-corrected chi connectivity index (χ4v) is 4.56. The summed E-state index contributed by atoms with van der Waals surface area (Å²) in [4.78, 5) is 32.7. The quantitative estimate of drug-likeness (QED) is 0.183. The van der Waals surface area contributed by atoms with Crippen LogP contribution in [-0.4, -0.2) is 55.7 Å². The highest BCUT2D eigenvalue weighted by molar-refractivity contribution is 6.30. The molecule has 4 aromatic rings. The van der Waals surface area contributed by atoms with Gasteiger partial charge in [0, 0.05) is 34.5 Å². The lowest BCUT2D eigenvalue weighted by atomic mass is 10.0. The number of tetrazole rings is 1. The van der Waals surface area contributed by atoms with Crippen molar-refractivity contribution in [2.75, 3.05) is 19.0 Å². The van der Waals surface area contributed by atoms with Crippen LogP contribution in [0.2, 0.25) is 5.02 Å². The third kappa shape index (κ3) is 6.44. The number of nitrogens with one attached hydrogen (secondary N) is 3. The number of aromatic nitrogens is 6. The van der Waals surface area contributed by atoms with E-state index in [1.165, 1.54) is 24.2 Å². The smallest absolute Gasteiger partial charge is 0.309 e. The average Bonchev–Trinajstić information content (AvgIpc) is 3.66. The largest absolute Gasteiger partial charge is 0.469 e. The fourth-order valence-electron chi connectivity index (χ4n) is 4.38. The average molecular weight is 559 g/mol. The van der Waals surface area contributed by atoms with Gasteiger partial charge in [-0.1, -0.05) is 35.9 Å². The number of hydrogen-bond acceptors (Lipinski definition) is 8. The van der Waals surface area contributed by atoms with Crippen molar-refractivity contribution in [3.63, 3.8) is 0 Å². The van der Waals surface area contributed by atoms with E-state index in [0.29, 0.717) is 35.1 Å². The van der Waals surface area contributed by atoms with E-state index < -0.39 is 0 Å². The molecule has 11 nitrogen and oxygen atoms in total. The number of halogens is 1. The number of rotatable bonds is 6. The Morgan fingerprint density at radius 2 is 2.12 bits per heavy atom. The van der Waals surface area contributed by atoms with Crippen LogP contribution in [-0.2, 0) is 20.7 Å². The third-order valence-electron chi connectivity index (χ3n) is 6.36. The SMILES string of the molecule is COC(=O)Cc1ccc2c(c1)NCC/C=C/C[C@H](NC(=O)/C=C/c1cc(Cl)ccc1-n1cnnn1)c1ncc-2[nH]1. The second-order valence-electron chi connectivity index (χ2n) is 9.09. The number of fused-ring (bicyclic) bond motifs is 4. The maximum Gasteiger partial charge on any atom is 0.309 e. The van der Waals surface area contributed by atoms with Crippen molar-refractivity contribution in [1.29, 1.82) is 0 Å². The van der Waals surface area contributed by atoms with E-state index in [0.717, 1.165) is 28.9 Å². The molecule has 2 bridgehead atoms. The van der Waals surface area contributed by atoms with Gasteiger partial charge in [-0.3, -0.25) is 9.59 Å². The van der Waals surface area contributed by atoms with Crippen molar-refractivity contribution in [2.45, 2.75) is 25.3 Å². The van der Waals surface area contributed by atoms with E-state index in [2.05, 4.69) is 42.2 Å². The molecule has 1 aliphatic rings. The van der Waals surface area contributed by atoms with Crippen LogP contribution in [0.5, 0.6) is 0 Å². The van der Waals surface area contributed by atoms with Crippen LogP contribution >= 0.6 is 11.6 Å². The first-order valence-corrected chi connectivity index (χ1v) is 13.0. The first-order chi connectivity index (χ1) is 19.5. The van der Waals surface area contributed by atoms with Crippen LogP contribution in [0.3, 0.4) is 0 Å². The lowest BCUT2D eigenvalue weighted by Crippen LogP contribution is -2.27. The lowest BCUT2D eigenvalue weighted by molar-refractivity contribution is -0.139. The van der Waals surface area contributed by atoms with E-state index in [4.69, 9.17) is 16.3 Å². The molecule has 1 amide bonds. The Kier molecular flexibility index (Phi) is 8.31. The van der Waals surface area contributed by atoms with Crippen LogP contribution in [0.25, 0.3) is 23.0 Å². The molecule has 0 saturated heterocycles. The van der Waals surface area contributed by atoms with Crippen LogP contribution < -0.4 is 10.6 Å². The summed E-state index contributed by atoms with van der Waals surface area (Å²) in [5, 5.41) is 18.3. The Bertz CT molecular complexity index is 1560. The summed E-state index contributed by atoms with van der Waals surface area (Å²) in [5.41, 5.74) is 4.81. The van der Waals surface area contributed by atoms with Gasteiger partial charge in [-0.05, 0) is 59.2 Å². The molecule has 2 aromatic carbocycles. The van der Waals surface area contributed by atoms with Crippen molar-refractivity contribution in [2.24, 2.45) is 0 Å². The molecular weight excluding hydrogens is 532 g/mol. The van der Waals surface area contributed by atoms with Crippen LogP contribution in [0, 0.1) is 0 Å². The van der Waals surface area contributed by atoms with Crippen LogP contribution in [0.4, 0.5) is 5.69 Å². The van der Waals surface area contributed by atoms with Crippen molar-refractivity contribution < 1.29 is 14.3 Å². The molecule has 0 aliphatic carbocycles. The van der Waals surface area contributed by atoms with Gasteiger partial charge in [-0.15, -0.1) is 5.10 Å². The predicted molar refractivity (Wildman–Crippen MR) is 151 cm³/mol. The molecule has 40 heavy (non-hydrogen) atoms. The highest BCUT2D eigenvalue weighted by Gasteiger charge is 2.18. The van der Waals surface area contributed by atoms with Gasteiger partial charge in [-0.25, -0.2) is 4.98 Å². The number of H-pyrrole nitrogens is 1. The number of aromatic amines is 1. The minimum absolute atomic E-state index is 0.188. The zero-order valence-electron chi connectivity index (χ0n) is 21.7. The Labute approximate surface area is 235 Å². The van der Waals surface area contributed by atoms with Gasteiger partial charge < -0.3 is 20.4 Å². The third-order valence-corrected chi connectivity index (χ3v) is 6.59. The second-order valence-corrected chi connectivity index (χ2v) is 9.53. The van der Waals surface area contributed by atoms with E-state index >= 15 is 0 Å². The zero-order valence-corrected chi connectivity index (χ0v) is 22.4. The Morgan fingerprint density at radius 1 is 1.23 bits per heavy atom.